The van der Waals surface area contributed by atoms with E-state index >= 15 is 0 Å². The molecule has 0 spiro atoms. The Kier molecular flexibility index (Phi) is 6.00. The van der Waals surface area contributed by atoms with Gasteiger partial charge in [-0.15, -0.1) is 0 Å². The summed E-state index contributed by atoms with van der Waals surface area (Å²) in [7, 11) is 1.69. The topological polar surface area (TPSA) is 44.8 Å². The van der Waals surface area contributed by atoms with Gasteiger partial charge in [0.25, 0.3) is 0 Å². The molecular weight excluding hydrogens is 326 g/mol. The summed E-state index contributed by atoms with van der Waals surface area (Å²) in [6.07, 6.45) is 0.516. The van der Waals surface area contributed by atoms with E-state index in [4.69, 9.17) is 4.74 Å². The van der Waals surface area contributed by atoms with E-state index in [9.17, 15) is 4.79 Å². The van der Waals surface area contributed by atoms with Crippen LogP contribution in [0.2, 0.25) is 0 Å². The highest BCUT2D eigenvalue weighted by atomic mass is 16.5. The third-order valence-corrected chi connectivity index (χ3v) is 4.78. The van der Waals surface area contributed by atoms with Gasteiger partial charge in [-0.2, -0.15) is 0 Å². The van der Waals surface area contributed by atoms with Gasteiger partial charge in [0.15, 0.2) is 0 Å². The van der Waals surface area contributed by atoms with Gasteiger partial charge in [0.05, 0.1) is 12.8 Å². The van der Waals surface area contributed by atoms with Crippen molar-refractivity contribution in [3.05, 3.63) is 54.1 Å². The highest BCUT2D eigenvalue weighted by Gasteiger charge is 2.22. The van der Waals surface area contributed by atoms with Crippen molar-refractivity contribution in [1.82, 2.24) is 4.90 Å². The van der Waals surface area contributed by atoms with Crippen molar-refractivity contribution in [1.29, 1.82) is 0 Å². The zero-order valence-corrected chi connectivity index (χ0v) is 15.6. The third-order valence-electron chi connectivity index (χ3n) is 4.78. The maximum absolute atomic E-state index is 12.5. The van der Waals surface area contributed by atoms with Crippen LogP contribution >= 0.6 is 0 Å². The zero-order valence-electron chi connectivity index (χ0n) is 15.6. The van der Waals surface area contributed by atoms with E-state index in [0.717, 1.165) is 43.3 Å². The molecule has 1 N–H and O–H groups in total. The standard InChI is InChI=1S/C21H27N3O2/c1-17-7-9-18(10-8-17)22-12-11-21(25)24-15-13-23(14-16-24)19-5-3-4-6-20(19)26-2/h3-10,22H,11-16H2,1-2H3. The number of hydrogen-bond donors (Lipinski definition) is 1. The molecule has 0 radical (unpaired) electrons. The van der Waals surface area contributed by atoms with Crippen molar-refractivity contribution in [3.63, 3.8) is 0 Å². The molecule has 0 aliphatic carbocycles. The lowest BCUT2D eigenvalue weighted by Gasteiger charge is -2.36. The van der Waals surface area contributed by atoms with Crippen molar-refractivity contribution >= 4 is 17.3 Å². The molecule has 5 nitrogen and oxygen atoms in total. The number of rotatable bonds is 6. The summed E-state index contributed by atoms with van der Waals surface area (Å²) in [5, 5.41) is 3.32. The lowest BCUT2D eigenvalue weighted by Crippen LogP contribution is -2.49. The number of methoxy groups -OCH3 is 1. The van der Waals surface area contributed by atoms with Crippen molar-refractivity contribution < 1.29 is 9.53 Å². The average Bonchev–Trinajstić information content (AvgIpc) is 2.69. The molecule has 138 valence electrons. The molecule has 1 saturated heterocycles. The maximum atomic E-state index is 12.5. The van der Waals surface area contributed by atoms with Crippen LogP contribution in [0.5, 0.6) is 5.75 Å². The van der Waals surface area contributed by atoms with Crippen LogP contribution in [0.4, 0.5) is 11.4 Å². The molecule has 1 amide bonds. The van der Waals surface area contributed by atoms with Crippen molar-refractivity contribution in [2.24, 2.45) is 0 Å². The molecule has 0 unspecified atom stereocenters. The molecule has 0 aromatic heterocycles. The highest BCUT2D eigenvalue weighted by molar-refractivity contribution is 5.77. The molecule has 0 atom stereocenters. The lowest BCUT2D eigenvalue weighted by molar-refractivity contribution is -0.131. The number of aryl methyl sites for hydroxylation is 1. The van der Waals surface area contributed by atoms with Crippen molar-refractivity contribution in [2.75, 3.05) is 50.1 Å². The first-order valence-corrected chi connectivity index (χ1v) is 9.13. The minimum atomic E-state index is 0.212. The number of carbonyl (C=O) groups is 1. The highest BCUT2D eigenvalue weighted by Crippen LogP contribution is 2.28. The van der Waals surface area contributed by atoms with Gasteiger partial charge in [0.2, 0.25) is 5.91 Å². The first-order valence-electron chi connectivity index (χ1n) is 9.13. The van der Waals surface area contributed by atoms with E-state index in [-0.39, 0.29) is 5.91 Å². The number of nitrogens with one attached hydrogen (secondary N) is 1. The van der Waals surface area contributed by atoms with Crippen LogP contribution in [-0.4, -0.2) is 50.6 Å². The molecule has 1 aliphatic rings. The minimum Gasteiger partial charge on any atom is -0.495 e. The summed E-state index contributed by atoms with van der Waals surface area (Å²) in [5.41, 5.74) is 3.40. The Morgan fingerprint density at radius 2 is 1.73 bits per heavy atom. The number of anilines is 2. The van der Waals surface area contributed by atoms with Gasteiger partial charge in [-0.3, -0.25) is 4.79 Å². The van der Waals surface area contributed by atoms with E-state index in [0.29, 0.717) is 13.0 Å². The largest absolute Gasteiger partial charge is 0.495 e. The normalized spacial score (nSPS) is 14.2. The second-order valence-electron chi connectivity index (χ2n) is 6.58. The van der Waals surface area contributed by atoms with E-state index < -0.39 is 0 Å². The molecule has 0 saturated carbocycles. The van der Waals surface area contributed by atoms with Gasteiger partial charge >= 0.3 is 0 Å². The average molecular weight is 353 g/mol. The monoisotopic (exact) mass is 353 g/mol. The van der Waals surface area contributed by atoms with Crippen LogP contribution in [0.15, 0.2) is 48.5 Å². The van der Waals surface area contributed by atoms with Crippen LogP contribution in [0.25, 0.3) is 0 Å². The summed E-state index contributed by atoms with van der Waals surface area (Å²) < 4.78 is 5.44. The molecule has 1 fully saturated rings. The first-order chi connectivity index (χ1) is 12.7. The number of para-hydroxylation sites is 2. The number of ether oxygens (including phenoxy) is 1. The Balaban J connectivity index is 1.45. The number of hydrogen-bond acceptors (Lipinski definition) is 4. The molecule has 1 aliphatic heterocycles. The summed E-state index contributed by atoms with van der Waals surface area (Å²) in [6.45, 7) is 5.89. The fourth-order valence-corrected chi connectivity index (χ4v) is 3.23. The molecule has 5 heteroatoms. The van der Waals surface area contributed by atoms with Gasteiger partial charge < -0.3 is 19.9 Å². The second kappa shape index (κ2) is 8.61. The van der Waals surface area contributed by atoms with Gasteiger partial charge in [-0.05, 0) is 31.2 Å². The smallest absolute Gasteiger partial charge is 0.224 e. The molecule has 2 aromatic carbocycles. The fraction of sp³-hybridized carbons (Fsp3) is 0.381. The minimum absolute atomic E-state index is 0.212. The van der Waals surface area contributed by atoms with E-state index in [1.165, 1.54) is 5.56 Å². The van der Waals surface area contributed by atoms with Gasteiger partial charge in [-0.25, -0.2) is 0 Å². The molecule has 1 heterocycles. The Hall–Kier alpha value is -2.69. The third kappa shape index (κ3) is 4.48. The Labute approximate surface area is 155 Å². The summed E-state index contributed by atoms with van der Waals surface area (Å²) in [4.78, 5) is 16.7. The summed E-state index contributed by atoms with van der Waals surface area (Å²) >= 11 is 0. The van der Waals surface area contributed by atoms with Crippen LogP contribution < -0.4 is 15.0 Å². The number of benzene rings is 2. The number of carbonyl (C=O) groups excluding carboxylic acids is 1. The summed E-state index contributed by atoms with van der Waals surface area (Å²) in [6, 6.07) is 16.3. The number of amides is 1. The summed E-state index contributed by atoms with van der Waals surface area (Å²) in [5.74, 6) is 1.10. The molecule has 2 aromatic rings. The van der Waals surface area contributed by atoms with E-state index in [1.807, 2.05) is 35.2 Å². The van der Waals surface area contributed by atoms with Crippen LogP contribution in [-0.2, 0) is 4.79 Å². The fourth-order valence-electron chi connectivity index (χ4n) is 3.23. The quantitative estimate of drug-likeness (QED) is 0.866. The SMILES string of the molecule is COc1ccccc1N1CCN(C(=O)CCNc2ccc(C)cc2)CC1. The first kappa shape index (κ1) is 18.1. The van der Waals surface area contributed by atoms with E-state index in [1.54, 1.807) is 7.11 Å². The lowest BCUT2D eigenvalue weighted by atomic mass is 10.2. The molecule has 0 bridgehead atoms. The molecule has 26 heavy (non-hydrogen) atoms. The second-order valence-corrected chi connectivity index (χ2v) is 6.58. The van der Waals surface area contributed by atoms with Crippen LogP contribution in [0.3, 0.4) is 0 Å². The van der Waals surface area contributed by atoms with Gasteiger partial charge in [-0.1, -0.05) is 29.8 Å². The van der Waals surface area contributed by atoms with Gasteiger partial charge in [0.1, 0.15) is 5.75 Å². The predicted octanol–water partition coefficient (Wildman–Crippen LogP) is 3.15. The van der Waals surface area contributed by atoms with Crippen molar-refractivity contribution in [2.45, 2.75) is 13.3 Å². The predicted molar refractivity (Wildman–Crippen MR) is 106 cm³/mol. The molecule has 3 rings (SSSR count). The Morgan fingerprint density at radius 1 is 1.04 bits per heavy atom. The van der Waals surface area contributed by atoms with Crippen molar-refractivity contribution in [3.8, 4) is 5.75 Å². The van der Waals surface area contributed by atoms with Crippen LogP contribution in [0.1, 0.15) is 12.0 Å². The van der Waals surface area contributed by atoms with Gasteiger partial charge in [0, 0.05) is 44.8 Å². The number of nitrogens with zero attached hydrogens (tertiary/aromatic N) is 2. The van der Waals surface area contributed by atoms with Crippen LogP contribution in [0, 0.1) is 6.92 Å². The maximum Gasteiger partial charge on any atom is 0.224 e. The Bertz CT molecular complexity index is 722. The zero-order chi connectivity index (χ0) is 18.4. The number of piperazine rings is 1. The molecular formula is C21H27N3O2. The Morgan fingerprint density at radius 3 is 2.42 bits per heavy atom. The van der Waals surface area contributed by atoms with E-state index in [2.05, 4.69) is 35.3 Å².